The number of fused-ring (bicyclic) bond motifs is 1. The Morgan fingerprint density at radius 2 is 1.91 bits per heavy atom. The number of alkyl halides is 1. The predicted molar refractivity (Wildman–Crippen MR) is 182 cm³/mol. The van der Waals surface area contributed by atoms with Crippen molar-refractivity contribution in [1.29, 1.82) is 0 Å². The van der Waals surface area contributed by atoms with E-state index in [1.807, 2.05) is 51.1 Å². The summed E-state index contributed by atoms with van der Waals surface area (Å²) < 4.78 is 12.9. The molecule has 11 heteroatoms. The van der Waals surface area contributed by atoms with Gasteiger partial charge in [0.15, 0.2) is 0 Å². The summed E-state index contributed by atoms with van der Waals surface area (Å²) in [6, 6.07) is 6.88. The number of aliphatic hydroxyl groups is 1. The lowest BCUT2D eigenvalue weighted by atomic mass is 9.70. The number of nitrogens with one attached hydrogen (secondary N) is 1. The summed E-state index contributed by atoms with van der Waals surface area (Å²) in [7, 11) is 0. The fourth-order valence-electron chi connectivity index (χ4n) is 7.50. The number of nitrogens with zero attached hydrogens (tertiary/aromatic N) is 2. The molecule has 1 spiro atoms. The highest BCUT2D eigenvalue weighted by Gasteiger charge is 2.77. The van der Waals surface area contributed by atoms with E-state index in [1.165, 1.54) is 4.90 Å². The van der Waals surface area contributed by atoms with Crippen LogP contribution in [0.15, 0.2) is 55.6 Å². The van der Waals surface area contributed by atoms with Crippen LogP contribution in [0.4, 0.5) is 0 Å². The van der Waals surface area contributed by atoms with Gasteiger partial charge < -0.3 is 29.7 Å². The Morgan fingerprint density at radius 3 is 2.51 bits per heavy atom. The molecule has 3 saturated heterocycles. The molecule has 2 N–H and O–H groups in total. The molecule has 3 amide bonds. The summed E-state index contributed by atoms with van der Waals surface area (Å²) in [6.45, 7) is 15.6. The maximum atomic E-state index is 14.6. The second kappa shape index (κ2) is 15.9. The Labute approximate surface area is 287 Å². The Bertz CT molecular complexity index is 1310. The minimum Gasteiger partial charge on any atom is -0.455 e. The summed E-state index contributed by atoms with van der Waals surface area (Å²) in [6.07, 6.45) is 4.53. The number of benzene rings is 1. The number of esters is 1. The van der Waals surface area contributed by atoms with Gasteiger partial charge in [-0.15, -0.1) is 13.2 Å². The van der Waals surface area contributed by atoms with E-state index in [-0.39, 0.29) is 35.6 Å². The van der Waals surface area contributed by atoms with Crippen molar-refractivity contribution in [1.82, 2.24) is 15.1 Å². The highest BCUT2D eigenvalue weighted by Crippen LogP contribution is 2.61. The molecule has 1 unspecified atom stereocenters. The van der Waals surface area contributed by atoms with E-state index >= 15 is 0 Å². The number of carbonyl (C=O) groups excluding carboxylic acids is 4. The molecule has 1 aromatic rings. The summed E-state index contributed by atoms with van der Waals surface area (Å²) >= 11 is 3.72. The average molecular weight is 717 g/mol. The molecule has 258 valence electrons. The quantitative estimate of drug-likeness (QED) is 0.140. The monoisotopic (exact) mass is 715 g/mol. The SMILES string of the molecule is C=CCCC(=O)N[C@@H](C)[C@H](OC(=O)[C@H]1[C@@H]2O[C@@]3(CC2Br)[C@@H]1C(=O)N([C@@H](CO)C(C)C)[C@@H]3C(=O)N(CC=C)CCCC)c1ccccc1. The van der Waals surface area contributed by atoms with Crippen LogP contribution in [0, 0.1) is 17.8 Å². The van der Waals surface area contributed by atoms with Crippen LogP contribution in [0.25, 0.3) is 0 Å². The summed E-state index contributed by atoms with van der Waals surface area (Å²) in [5.41, 5.74) is -0.604. The second-order valence-electron chi connectivity index (χ2n) is 13.3. The van der Waals surface area contributed by atoms with Crippen molar-refractivity contribution in [3.8, 4) is 0 Å². The van der Waals surface area contributed by atoms with Crippen molar-refractivity contribution < 1.29 is 33.8 Å². The van der Waals surface area contributed by atoms with E-state index in [2.05, 4.69) is 34.4 Å². The molecule has 3 aliphatic heterocycles. The van der Waals surface area contributed by atoms with Gasteiger partial charge in [0, 0.05) is 24.3 Å². The van der Waals surface area contributed by atoms with Gasteiger partial charge in [-0.2, -0.15) is 0 Å². The second-order valence-corrected chi connectivity index (χ2v) is 14.5. The van der Waals surface area contributed by atoms with E-state index < -0.39 is 59.6 Å². The summed E-state index contributed by atoms with van der Waals surface area (Å²) in [5, 5.41) is 13.5. The number of rotatable bonds is 17. The van der Waals surface area contributed by atoms with Crippen molar-refractivity contribution in [2.75, 3.05) is 19.7 Å². The lowest BCUT2D eigenvalue weighted by molar-refractivity contribution is -0.162. The molecular weight excluding hydrogens is 666 g/mol. The number of carbonyl (C=O) groups is 4. The molecule has 0 saturated carbocycles. The van der Waals surface area contributed by atoms with Gasteiger partial charge in [-0.25, -0.2) is 0 Å². The van der Waals surface area contributed by atoms with Gasteiger partial charge in [-0.05, 0) is 37.7 Å². The van der Waals surface area contributed by atoms with Gasteiger partial charge in [0.2, 0.25) is 17.7 Å². The first kappa shape index (κ1) is 36.8. The van der Waals surface area contributed by atoms with Crippen LogP contribution in [0.1, 0.15) is 71.5 Å². The summed E-state index contributed by atoms with van der Waals surface area (Å²) in [4.78, 5) is 59.0. The standard InChI is InChI=1S/C36H50BrN3O7/c1-7-10-17-27(42)38-23(6)30(24-15-13-12-14-16-24)46-35(45)28-29-33(43)40(26(21-41)22(4)5)32(36(29)20-25(37)31(28)47-36)34(44)39(18-9-3)19-11-8-2/h7,9,12-16,22-23,25-26,28-32,41H,1,3,8,10-11,17-21H2,2,4-6H3,(H,38,42)/t23-,25?,26-,28+,29-,30-,31+,32+,36-/m0/s1. The van der Waals surface area contributed by atoms with Crippen LogP contribution in [-0.4, -0.2) is 93.0 Å². The molecular formula is C36H50BrN3O7. The number of hydrogen-bond acceptors (Lipinski definition) is 7. The van der Waals surface area contributed by atoms with Gasteiger partial charge in [0.25, 0.3) is 0 Å². The van der Waals surface area contributed by atoms with Gasteiger partial charge in [0.1, 0.15) is 17.7 Å². The topological polar surface area (TPSA) is 125 Å². The number of unbranched alkanes of at least 4 members (excludes halogenated alkanes) is 1. The minimum atomic E-state index is -1.29. The highest BCUT2D eigenvalue weighted by atomic mass is 79.9. The molecule has 1 aromatic carbocycles. The first-order valence-corrected chi connectivity index (χ1v) is 17.7. The van der Waals surface area contributed by atoms with E-state index in [0.717, 1.165) is 12.8 Å². The molecule has 3 aliphatic rings. The lowest BCUT2D eigenvalue weighted by Gasteiger charge is -2.40. The Balaban J connectivity index is 1.73. The number of amides is 3. The zero-order valence-corrected chi connectivity index (χ0v) is 29.6. The first-order chi connectivity index (χ1) is 22.5. The van der Waals surface area contributed by atoms with E-state index in [0.29, 0.717) is 31.5 Å². The van der Waals surface area contributed by atoms with Crippen LogP contribution >= 0.6 is 15.9 Å². The number of aliphatic hydroxyl groups excluding tert-OH is 1. The highest BCUT2D eigenvalue weighted by molar-refractivity contribution is 9.09. The zero-order chi connectivity index (χ0) is 34.5. The maximum absolute atomic E-state index is 14.6. The molecule has 47 heavy (non-hydrogen) atoms. The van der Waals surface area contributed by atoms with Crippen molar-refractivity contribution >= 4 is 39.6 Å². The summed E-state index contributed by atoms with van der Waals surface area (Å²) in [5.74, 6) is -3.67. The largest absolute Gasteiger partial charge is 0.455 e. The molecule has 4 rings (SSSR count). The Kier molecular flexibility index (Phi) is 12.5. The fraction of sp³-hybridized carbons (Fsp3) is 0.611. The third-order valence-corrected chi connectivity index (χ3v) is 10.6. The van der Waals surface area contributed by atoms with Crippen molar-refractivity contribution in [2.45, 2.75) is 101 Å². The van der Waals surface area contributed by atoms with E-state index in [9.17, 15) is 24.3 Å². The van der Waals surface area contributed by atoms with Gasteiger partial charge >= 0.3 is 5.97 Å². The number of allylic oxidation sites excluding steroid dienone is 1. The molecule has 3 heterocycles. The van der Waals surface area contributed by atoms with E-state index in [1.54, 1.807) is 24.0 Å². The Morgan fingerprint density at radius 1 is 1.21 bits per heavy atom. The maximum Gasteiger partial charge on any atom is 0.313 e. The molecule has 0 radical (unpaired) electrons. The molecule has 10 nitrogen and oxygen atoms in total. The molecule has 9 atom stereocenters. The van der Waals surface area contributed by atoms with Crippen LogP contribution in [0.3, 0.4) is 0 Å². The van der Waals surface area contributed by atoms with Gasteiger partial charge in [-0.1, -0.05) is 85.6 Å². The third-order valence-electron chi connectivity index (χ3n) is 9.78. The molecule has 0 aromatic heterocycles. The van der Waals surface area contributed by atoms with Gasteiger partial charge in [0.05, 0.1) is 36.6 Å². The number of likely N-dealkylation sites (tertiary alicyclic amines) is 1. The molecule has 2 bridgehead atoms. The van der Waals surface area contributed by atoms with Crippen LogP contribution in [0.5, 0.6) is 0 Å². The van der Waals surface area contributed by atoms with Crippen LogP contribution in [-0.2, 0) is 28.7 Å². The normalized spacial score (nSPS) is 28.0. The van der Waals surface area contributed by atoms with Crippen molar-refractivity contribution in [2.24, 2.45) is 17.8 Å². The first-order valence-electron chi connectivity index (χ1n) is 16.8. The fourth-order valence-corrected chi connectivity index (χ4v) is 8.45. The predicted octanol–water partition coefficient (Wildman–Crippen LogP) is 4.32. The van der Waals surface area contributed by atoms with Crippen molar-refractivity contribution in [3.05, 3.63) is 61.2 Å². The smallest absolute Gasteiger partial charge is 0.313 e. The average Bonchev–Trinajstić information content (AvgIpc) is 3.64. The molecule has 3 fully saturated rings. The van der Waals surface area contributed by atoms with Crippen LogP contribution < -0.4 is 5.32 Å². The van der Waals surface area contributed by atoms with Crippen LogP contribution in [0.2, 0.25) is 0 Å². The zero-order valence-electron chi connectivity index (χ0n) is 28.0. The van der Waals surface area contributed by atoms with Crippen molar-refractivity contribution in [3.63, 3.8) is 0 Å². The van der Waals surface area contributed by atoms with Gasteiger partial charge in [-0.3, -0.25) is 19.2 Å². The third kappa shape index (κ3) is 7.22. The number of ether oxygens (including phenoxy) is 2. The Hall–Kier alpha value is -3.02. The number of hydrogen-bond donors (Lipinski definition) is 2. The minimum absolute atomic E-state index is 0.173. The molecule has 0 aliphatic carbocycles. The van der Waals surface area contributed by atoms with E-state index in [4.69, 9.17) is 9.47 Å². The lowest BCUT2D eigenvalue weighted by Crippen LogP contribution is -2.60. The number of halogens is 1.